The Labute approximate surface area is 375 Å². The first-order valence-corrected chi connectivity index (χ1v) is 22.7. The minimum absolute atomic E-state index is 0.621. The van der Waals surface area contributed by atoms with E-state index in [1.54, 1.807) is 0 Å². The number of para-hydroxylation sites is 2. The van der Waals surface area contributed by atoms with Crippen LogP contribution in [-0.2, 0) is 5.41 Å². The molecule has 1 aromatic heterocycles. The van der Waals surface area contributed by atoms with Crippen molar-refractivity contribution in [1.82, 2.24) is 0 Å². The Kier molecular flexibility index (Phi) is 9.14. The molecule has 1 aliphatic rings. The summed E-state index contributed by atoms with van der Waals surface area (Å²) in [5, 5.41) is 5.45. The average molecular weight is 801 g/mol. The lowest BCUT2D eigenvalue weighted by Crippen LogP contribution is -2.54. The third-order valence-corrected chi connectivity index (χ3v) is 15.7. The van der Waals surface area contributed by atoms with Gasteiger partial charge in [0.1, 0.15) is 54.9 Å². The summed E-state index contributed by atoms with van der Waals surface area (Å²) >= 11 is 1.94. The predicted octanol–water partition coefficient (Wildman–Crippen LogP) is 2.52. The Morgan fingerprint density at radius 1 is 0.387 bits per heavy atom. The molecule has 1 nitrogen and oxygen atoms in total. The highest BCUT2D eigenvalue weighted by Gasteiger charge is 2.49. The number of rotatable bonds is 6. The molecule has 62 heavy (non-hydrogen) atoms. The van der Waals surface area contributed by atoms with Crippen LogP contribution in [0, 0.1) is 0 Å². The fourth-order valence-electron chi connectivity index (χ4n) is 11.1. The molecule has 0 bridgehead atoms. The smallest absolute Gasteiger partial charge is 0.139 e. The molecule has 1 heterocycles. The van der Waals surface area contributed by atoms with Crippen molar-refractivity contribution in [2.45, 2.75) is 5.41 Å². The van der Waals surface area contributed by atoms with E-state index in [-0.39, 0.29) is 0 Å². The van der Waals surface area contributed by atoms with Crippen LogP contribution in [0.3, 0.4) is 0 Å². The molecule has 9 heteroatoms. The van der Waals surface area contributed by atoms with Gasteiger partial charge in [0.2, 0.25) is 0 Å². The topological polar surface area (TPSA) is 3.24 Å². The zero-order valence-corrected chi connectivity index (χ0v) is 37.3. The Balaban J connectivity index is 1.30. The van der Waals surface area contributed by atoms with Crippen LogP contribution >= 0.6 is 11.3 Å². The van der Waals surface area contributed by atoms with Gasteiger partial charge in [0, 0.05) is 37.1 Å². The van der Waals surface area contributed by atoms with Gasteiger partial charge in [-0.15, -0.1) is 27.7 Å². The van der Waals surface area contributed by atoms with Crippen LogP contribution in [0.1, 0.15) is 22.3 Å². The van der Waals surface area contributed by atoms with E-state index in [0.29, 0.717) is 0 Å². The normalized spacial score (nSPS) is 14.3. The van der Waals surface area contributed by atoms with Gasteiger partial charge >= 0.3 is 0 Å². The zero-order valence-electron chi connectivity index (χ0n) is 36.5. The van der Waals surface area contributed by atoms with Crippen molar-refractivity contribution in [3.8, 4) is 22.3 Å². The molecule has 0 saturated carbocycles. The molecule has 1 aliphatic carbocycles. The maximum atomic E-state index is 2.49. The Hall–Kier alpha value is -6.29. The van der Waals surface area contributed by atoms with E-state index >= 15 is 0 Å². The summed E-state index contributed by atoms with van der Waals surface area (Å²) in [7, 11) is 16.5. The molecule has 10 aromatic rings. The number of benzene rings is 9. The van der Waals surface area contributed by atoms with Crippen molar-refractivity contribution >= 4 is 153 Å². The molecule has 0 aliphatic heterocycles. The summed E-state index contributed by atoms with van der Waals surface area (Å²) in [5.41, 5.74) is 22.8. The number of fused-ring (bicyclic) bond motifs is 7. The van der Waals surface area contributed by atoms with E-state index in [4.69, 9.17) is 0 Å². The van der Waals surface area contributed by atoms with Gasteiger partial charge < -0.3 is 4.90 Å². The van der Waals surface area contributed by atoms with Crippen LogP contribution < -0.4 is 43.1 Å². The molecule has 0 N–H and O–H groups in total. The molecular formula is C53H42B7NS. The molecule has 0 radical (unpaired) electrons. The molecule has 9 aromatic carbocycles. The molecule has 11 rings (SSSR count). The van der Waals surface area contributed by atoms with Gasteiger partial charge in [-0.05, 0) is 86.1 Å². The Bertz CT molecular complexity index is 3450. The number of nitrogens with zero attached hydrogens (tertiary/aromatic N) is 1. The highest BCUT2D eigenvalue weighted by molar-refractivity contribution is 7.26. The fourth-order valence-corrected chi connectivity index (χ4v) is 12.4. The number of thiophene rings is 1. The summed E-state index contributed by atoms with van der Waals surface area (Å²) in [5.74, 6) is 0. The molecule has 1 unspecified atom stereocenters. The van der Waals surface area contributed by atoms with E-state index in [1.165, 1.54) is 114 Å². The lowest BCUT2D eigenvalue weighted by Gasteiger charge is -2.39. The predicted molar refractivity (Wildman–Crippen MR) is 292 cm³/mol. The minimum atomic E-state index is -0.621. The maximum absolute atomic E-state index is 2.49. The second-order valence-corrected chi connectivity index (χ2v) is 18.4. The van der Waals surface area contributed by atoms with Crippen molar-refractivity contribution in [1.29, 1.82) is 0 Å². The molecule has 0 amide bonds. The van der Waals surface area contributed by atoms with Crippen LogP contribution in [0.2, 0.25) is 0 Å². The zero-order chi connectivity index (χ0) is 42.4. The van der Waals surface area contributed by atoms with E-state index in [1.807, 2.05) is 11.3 Å². The van der Waals surface area contributed by atoms with Gasteiger partial charge in [-0.3, -0.25) is 0 Å². The van der Waals surface area contributed by atoms with Crippen LogP contribution in [0.15, 0.2) is 170 Å². The first-order chi connectivity index (χ1) is 30.2. The van der Waals surface area contributed by atoms with Gasteiger partial charge in [-0.1, -0.05) is 155 Å². The quantitative estimate of drug-likeness (QED) is 0.234. The summed E-state index contributed by atoms with van der Waals surface area (Å²) in [6.07, 6.45) is 0. The van der Waals surface area contributed by atoms with Gasteiger partial charge in [-0.25, -0.2) is 0 Å². The van der Waals surface area contributed by atoms with Crippen LogP contribution in [0.5, 0.6) is 0 Å². The fraction of sp³-hybridized carbons (Fsp3) is 0.0189. The van der Waals surface area contributed by atoms with Gasteiger partial charge in [-0.2, -0.15) is 0 Å². The summed E-state index contributed by atoms with van der Waals surface area (Å²) in [6, 6.07) is 63.2. The van der Waals surface area contributed by atoms with Crippen molar-refractivity contribution in [2.24, 2.45) is 0 Å². The third kappa shape index (κ3) is 5.44. The number of hydrogen-bond acceptors (Lipinski definition) is 2. The third-order valence-electron chi connectivity index (χ3n) is 14.5. The van der Waals surface area contributed by atoms with Gasteiger partial charge in [0.15, 0.2) is 0 Å². The standard InChI is InChI=1S/C53H42B7NS/c54-45-42-43(47(56)51(60)50(45)59)46(55)49(58)48(57)44(42)53(39-23-13-21-35-34-20-9-12-25-41(34)62-52(35)39)37-22-10-7-19-33(37)36-28-31(26-27-38(36)53)61(30-16-5-2-6-17-30)40-24-11-8-18-32(40)29-14-3-1-4-15-29/h1-28H,54-60H2. The SMILES string of the molecule is Bc1c(B)c(B)c2c(C3(c4cccc5c4sc4ccccc45)c4ccccc4-c4cc(N(c5ccccc5)c5ccccc5-c5ccccc5)ccc43)c(B)c(B)c(B)c2c1B. The van der Waals surface area contributed by atoms with Gasteiger partial charge in [0.05, 0.1) is 11.1 Å². The van der Waals surface area contributed by atoms with Crippen LogP contribution in [0.4, 0.5) is 17.1 Å². The first-order valence-electron chi connectivity index (χ1n) is 21.9. The van der Waals surface area contributed by atoms with Gasteiger partial charge in [0.25, 0.3) is 0 Å². The lowest BCUT2D eigenvalue weighted by molar-refractivity contribution is 0.792. The highest BCUT2D eigenvalue weighted by atomic mass is 32.1. The first kappa shape index (κ1) is 38.6. The molecular weight excluding hydrogens is 758 g/mol. The van der Waals surface area contributed by atoms with E-state index in [2.05, 4.69) is 230 Å². The van der Waals surface area contributed by atoms with Crippen molar-refractivity contribution in [3.63, 3.8) is 0 Å². The maximum Gasteiger partial charge on any atom is 0.139 e. The number of hydrogen-bond donors (Lipinski definition) is 0. The summed E-state index contributed by atoms with van der Waals surface area (Å²) in [6.45, 7) is 0. The second-order valence-electron chi connectivity index (χ2n) is 17.4. The molecule has 0 fully saturated rings. The lowest BCUT2D eigenvalue weighted by atomic mass is 9.54. The minimum Gasteiger partial charge on any atom is -0.310 e. The van der Waals surface area contributed by atoms with E-state index in [0.717, 1.165) is 17.1 Å². The van der Waals surface area contributed by atoms with Crippen molar-refractivity contribution in [2.75, 3.05) is 4.90 Å². The van der Waals surface area contributed by atoms with Crippen LogP contribution in [-0.4, -0.2) is 54.9 Å². The van der Waals surface area contributed by atoms with E-state index < -0.39 is 5.41 Å². The highest BCUT2D eigenvalue weighted by Crippen LogP contribution is 2.59. The molecule has 286 valence electrons. The largest absolute Gasteiger partial charge is 0.310 e. The number of anilines is 3. The molecule has 0 saturated heterocycles. The van der Waals surface area contributed by atoms with E-state index in [9.17, 15) is 0 Å². The van der Waals surface area contributed by atoms with Crippen molar-refractivity contribution in [3.05, 3.63) is 192 Å². The molecule has 0 spiro atoms. The monoisotopic (exact) mass is 801 g/mol. The summed E-state index contributed by atoms with van der Waals surface area (Å²) < 4.78 is 2.68. The van der Waals surface area contributed by atoms with Crippen molar-refractivity contribution < 1.29 is 0 Å². The average Bonchev–Trinajstić information content (AvgIpc) is 3.84. The molecule has 1 atom stereocenters. The van der Waals surface area contributed by atoms with Crippen LogP contribution in [0.25, 0.3) is 53.2 Å². The Morgan fingerprint density at radius 3 is 1.71 bits per heavy atom. The summed E-state index contributed by atoms with van der Waals surface area (Å²) in [4.78, 5) is 2.45. The second kappa shape index (κ2) is 14.7. The Morgan fingerprint density at radius 2 is 0.952 bits per heavy atom.